The van der Waals surface area contributed by atoms with Gasteiger partial charge in [-0.1, -0.05) is 20.1 Å². The van der Waals surface area contributed by atoms with Gasteiger partial charge in [-0.15, -0.1) is 0 Å². The van der Waals surface area contributed by atoms with Gasteiger partial charge in [0, 0.05) is 22.5 Å². The summed E-state index contributed by atoms with van der Waals surface area (Å²) in [5.41, 5.74) is -0.786. The molecule has 0 unspecified atom stereocenters. The van der Waals surface area contributed by atoms with E-state index in [2.05, 4.69) is 13.2 Å². The molecule has 0 aromatic heterocycles. The third-order valence-electron chi connectivity index (χ3n) is 2.96. The van der Waals surface area contributed by atoms with Gasteiger partial charge in [0.2, 0.25) is 0 Å². The Hall–Kier alpha value is -1.11. The number of rotatable bonds is 9. The van der Waals surface area contributed by atoms with Gasteiger partial charge in [0.15, 0.2) is 0 Å². The molecule has 0 amide bonds. The van der Waals surface area contributed by atoms with Gasteiger partial charge in [-0.25, -0.2) is 9.59 Å². The Morgan fingerprint density at radius 3 is 1.50 bits per heavy atom. The molecule has 0 radical (unpaired) electrons. The first kappa shape index (κ1) is 23.2. The predicted octanol–water partition coefficient (Wildman–Crippen LogP) is -2.23. The molecule has 22 heavy (non-hydrogen) atoms. The minimum absolute atomic E-state index is 0. The van der Waals surface area contributed by atoms with Crippen molar-refractivity contribution in [3.05, 3.63) is 24.3 Å². The van der Waals surface area contributed by atoms with E-state index in [4.69, 9.17) is 9.47 Å². The molecule has 0 saturated carbocycles. The Balaban J connectivity index is 0. The Bertz CT molecular complexity index is 423. The Labute approximate surface area is 152 Å². The van der Waals surface area contributed by atoms with Gasteiger partial charge >= 0.3 is 41.5 Å². The van der Waals surface area contributed by atoms with Gasteiger partial charge < -0.3 is 19.4 Å². The number of carboxylic acids is 1. The van der Waals surface area contributed by atoms with Crippen LogP contribution in [-0.2, 0) is 23.9 Å². The fourth-order valence-corrected chi connectivity index (χ4v) is 1.31. The van der Waals surface area contributed by atoms with Crippen LogP contribution in [0.3, 0.4) is 0 Å². The molecular weight excluding hydrogens is 299 g/mol. The summed E-state index contributed by atoms with van der Waals surface area (Å²) in [7, 11) is 0. The fraction of sp³-hybridized carbons (Fsp3) is 0.533. The summed E-state index contributed by atoms with van der Waals surface area (Å²) in [5.74, 6) is -2.45. The zero-order valence-electron chi connectivity index (χ0n) is 13.7. The third kappa shape index (κ3) is 8.36. The molecular formula is C15H21NaO6. The number of hydrogen-bond acceptors (Lipinski definition) is 6. The van der Waals surface area contributed by atoms with Crippen molar-refractivity contribution in [3.63, 3.8) is 0 Å². The summed E-state index contributed by atoms with van der Waals surface area (Å²) in [6, 6.07) is 0. The molecule has 6 nitrogen and oxygen atoms in total. The van der Waals surface area contributed by atoms with Crippen LogP contribution in [0.25, 0.3) is 0 Å². The van der Waals surface area contributed by atoms with Crippen molar-refractivity contribution >= 4 is 17.9 Å². The smallest absolute Gasteiger partial charge is 0.550 e. The molecule has 0 N–H and O–H groups in total. The van der Waals surface area contributed by atoms with E-state index in [-0.39, 0.29) is 66.8 Å². The maximum atomic E-state index is 11.2. The first-order valence-corrected chi connectivity index (χ1v) is 6.47. The SMILES string of the molecule is C=C(C)C(=O)OCCC(C)(CCOC(=O)C(=C)C)C(=O)[O-].[Na+]. The normalized spacial score (nSPS) is 10.1. The van der Waals surface area contributed by atoms with Gasteiger partial charge in [-0.05, 0) is 26.7 Å². The molecule has 0 fully saturated rings. The predicted molar refractivity (Wildman–Crippen MR) is 73.9 cm³/mol. The molecule has 0 aliphatic rings. The molecule has 0 aromatic carbocycles. The second-order valence-electron chi connectivity index (χ2n) is 5.18. The van der Waals surface area contributed by atoms with Crippen LogP contribution >= 0.6 is 0 Å². The fourth-order valence-electron chi connectivity index (χ4n) is 1.31. The van der Waals surface area contributed by atoms with Crippen molar-refractivity contribution in [2.45, 2.75) is 33.6 Å². The molecule has 0 aliphatic carbocycles. The monoisotopic (exact) mass is 320 g/mol. The van der Waals surface area contributed by atoms with Crippen molar-refractivity contribution in [3.8, 4) is 0 Å². The van der Waals surface area contributed by atoms with Gasteiger partial charge in [0.1, 0.15) is 0 Å². The first-order valence-electron chi connectivity index (χ1n) is 6.47. The van der Waals surface area contributed by atoms with Gasteiger partial charge in [0.05, 0.1) is 13.2 Å². The molecule has 0 heterocycles. The van der Waals surface area contributed by atoms with Gasteiger partial charge in [-0.3, -0.25) is 0 Å². The molecule has 0 aromatic rings. The number of carboxylic acid groups (broad SMARTS) is 1. The number of carbonyl (C=O) groups excluding carboxylic acids is 3. The standard InChI is InChI=1S/C15H22O6.Na/c1-10(2)12(16)20-8-6-15(5,14(18)19)7-9-21-13(17)11(3)4;/h1,3,6-9H2,2,4-5H3,(H,18,19);/q;+1/p-1. The third-order valence-corrected chi connectivity index (χ3v) is 2.96. The first-order chi connectivity index (χ1) is 9.60. The number of hydrogen-bond donors (Lipinski definition) is 0. The summed E-state index contributed by atoms with van der Waals surface area (Å²) >= 11 is 0. The van der Waals surface area contributed by atoms with Gasteiger partial charge in [-0.2, -0.15) is 0 Å². The van der Waals surface area contributed by atoms with Crippen molar-refractivity contribution < 1.29 is 58.5 Å². The van der Waals surface area contributed by atoms with E-state index in [1.807, 2.05) is 0 Å². The number of carbonyl (C=O) groups is 3. The quantitative estimate of drug-likeness (QED) is 0.271. The minimum atomic E-state index is -1.29. The van der Waals surface area contributed by atoms with Crippen molar-refractivity contribution in [1.29, 1.82) is 0 Å². The van der Waals surface area contributed by atoms with E-state index in [1.165, 1.54) is 20.8 Å². The molecule has 0 bridgehead atoms. The van der Waals surface area contributed by atoms with E-state index in [0.29, 0.717) is 0 Å². The summed E-state index contributed by atoms with van der Waals surface area (Å²) < 4.78 is 9.73. The molecule has 0 saturated heterocycles. The van der Waals surface area contributed by atoms with E-state index >= 15 is 0 Å². The van der Waals surface area contributed by atoms with Crippen molar-refractivity contribution in [2.24, 2.45) is 5.41 Å². The maximum absolute atomic E-state index is 11.2. The molecule has 0 rings (SSSR count). The molecule has 7 heteroatoms. The van der Waals surface area contributed by atoms with Crippen molar-refractivity contribution in [2.75, 3.05) is 13.2 Å². The van der Waals surface area contributed by atoms with E-state index in [9.17, 15) is 19.5 Å². The Kier molecular flexibility index (Phi) is 11.1. The van der Waals surface area contributed by atoms with Crippen LogP contribution in [-0.4, -0.2) is 31.1 Å². The molecule has 0 spiro atoms. The van der Waals surface area contributed by atoms with Crippen LogP contribution in [0, 0.1) is 5.41 Å². The maximum Gasteiger partial charge on any atom is 1.00 e. The summed E-state index contributed by atoms with van der Waals surface area (Å²) in [6.45, 7) is 11.1. The van der Waals surface area contributed by atoms with Crippen LogP contribution in [0.15, 0.2) is 24.3 Å². The molecule has 118 valence electrons. The number of aliphatic carboxylic acids is 1. The average molecular weight is 320 g/mol. The second kappa shape index (κ2) is 10.6. The van der Waals surface area contributed by atoms with E-state index in [1.54, 1.807) is 0 Å². The molecule has 0 atom stereocenters. The zero-order valence-corrected chi connectivity index (χ0v) is 15.7. The topological polar surface area (TPSA) is 92.7 Å². The second-order valence-corrected chi connectivity index (χ2v) is 5.18. The average Bonchev–Trinajstić information content (AvgIpc) is 2.37. The summed E-state index contributed by atoms with van der Waals surface area (Å²) in [5, 5.41) is 11.2. The summed E-state index contributed by atoms with van der Waals surface area (Å²) in [4.78, 5) is 33.6. The number of esters is 2. The largest absolute Gasteiger partial charge is 1.00 e. The van der Waals surface area contributed by atoms with Crippen LogP contribution in [0.5, 0.6) is 0 Å². The van der Waals surface area contributed by atoms with Crippen LogP contribution < -0.4 is 34.7 Å². The van der Waals surface area contributed by atoms with E-state index in [0.717, 1.165) is 0 Å². The van der Waals surface area contributed by atoms with Crippen LogP contribution in [0.1, 0.15) is 33.6 Å². The summed E-state index contributed by atoms with van der Waals surface area (Å²) in [6.07, 6.45) is 0.109. The molecule has 0 aliphatic heterocycles. The van der Waals surface area contributed by atoms with E-state index < -0.39 is 23.3 Å². The minimum Gasteiger partial charge on any atom is -0.550 e. The zero-order chi connectivity index (χ0) is 16.6. The Morgan fingerprint density at radius 2 is 1.27 bits per heavy atom. The van der Waals surface area contributed by atoms with Crippen molar-refractivity contribution in [1.82, 2.24) is 0 Å². The number of ether oxygens (including phenoxy) is 2. The Morgan fingerprint density at radius 1 is 0.955 bits per heavy atom. The van der Waals surface area contributed by atoms with Crippen LogP contribution in [0.4, 0.5) is 0 Å². The van der Waals surface area contributed by atoms with Crippen LogP contribution in [0.2, 0.25) is 0 Å². The van der Waals surface area contributed by atoms with Gasteiger partial charge in [0.25, 0.3) is 0 Å².